The van der Waals surface area contributed by atoms with Crippen LogP contribution in [0.1, 0.15) is 36.6 Å². The van der Waals surface area contributed by atoms with Crippen LogP contribution in [0.4, 0.5) is 5.69 Å². The van der Waals surface area contributed by atoms with Crippen molar-refractivity contribution in [3.63, 3.8) is 0 Å². The van der Waals surface area contributed by atoms with E-state index in [-0.39, 0.29) is 10.6 Å². The molecule has 0 unspecified atom stereocenters. The fourth-order valence-electron chi connectivity index (χ4n) is 2.61. The van der Waals surface area contributed by atoms with Crippen LogP contribution in [0.25, 0.3) is 0 Å². The lowest BCUT2D eigenvalue weighted by atomic mass is 9.93. The molecular formula is C14H21N3O3. The number of nitrogens with zero attached hydrogens (tertiary/aromatic N) is 3. The molecule has 1 aliphatic heterocycles. The van der Waals surface area contributed by atoms with Gasteiger partial charge in [0, 0.05) is 37.0 Å². The quantitative estimate of drug-likeness (QED) is 0.675. The van der Waals surface area contributed by atoms with Crippen LogP contribution in [0.2, 0.25) is 0 Å². The summed E-state index contributed by atoms with van der Waals surface area (Å²) in [5, 5.41) is 21.0. The number of aromatic nitrogens is 1. The monoisotopic (exact) mass is 279 g/mol. The van der Waals surface area contributed by atoms with Crippen LogP contribution < -0.4 is 0 Å². The van der Waals surface area contributed by atoms with Crippen LogP contribution in [0.3, 0.4) is 0 Å². The Kier molecular flexibility index (Phi) is 4.06. The van der Waals surface area contributed by atoms with Gasteiger partial charge in [-0.1, -0.05) is 0 Å². The highest BCUT2D eigenvalue weighted by molar-refractivity contribution is 5.47. The molecule has 0 radical (unpaired) electrons. The predicted octanol–water partition coefficient (Wildman–Crippen LogP) is 1.95. The molecule has 0 saturated carbocycles. The molecule has 1 aromatic rings. The summed E-state index contributed by atoms with van der Waals surface area (Å²) in [5.74, 6) is 0. The maximum atomic E-state index is 11.1. The van der Waals surface area contributed by atoms with Gasteiger partial charge in [0.15, 0.2) is 0 Å². The van der Waals surface area contributed by atoms with Gasteiger partial charge in [-0.2, -0.15) is 0 Å². The number of hydrogen-bond donors (Lipinski definition) is 1. The molecule has 6 heteroatoms. The minimum Gasteiger partial charge on any atom is -0.390 e. The molecule has 1 saturated heterocycles. The van der Waals surface area contributed by atoms with E-state index in [2.05, 4.69) is 9.88 Å². The summed E-state index contributed by atoms with van der Waals surface area (Å²) in [7, 11) is 0. The van der Waals surface area contributed by atoms with E-state index in [0.717, 1.165) is 31.6 Å². The van der Waals surface area contributed by atoms with Crippen molar-refractivity contribution in [3.8, 4) is 0 Å². The molecule has 0 aromatic carbocycles. The number of aliphatic hydroxyl groups is 1. The van der Waals surface area contributed by atoms with E-state index in [9.17, 15) is 15.2 Å². The van der Waals surface area contributed by atoms with Crippen molar-refractivity contribution in [2.24, 2.45) is 0 Å². The van der Waals surface area contributed by atoms with Crippen molar-refractivity contribution < 1.29 is 10.0 Å². The maximum Gasteiger partial charge on any atom is 0.278 e. The fourth-order valence-corrected chi connectivity index (χ4v) is 2.61. The summed E-state index contributed by atoms with van der Waals surface area (Å²) < 4.78 is 0. The lowest BCUT2D eigenvalue weighted by Gasteiger charge is -2.35. The lowest BCUT2D eigenvalue weighted by molar-refractivity contribution is -0.386. The van der Waals surface area contributed by atoms with E-state index in [4.69, 9.17) is 0 Å². The van der Waals surface area contributed by atoms with E-state index >= 15 is 0 Å². The molecule has 2 rings (SSSR count). The van der Waals surface area contributed by atoms with Crippen molar-refractivity contribution in [3.05, 3.63) is 33.1 Å². The lowest BCUT2D eigenvalue weighted by Crippen LogP contribution is -2.42. The Morgan fingerprint density at radius 2 is 2.05 bits per heavy atom. The first-order chi connectivity index (χ1) is 9.30. The predicted molar refractivity (Wildman–Crippen MR) is 75.5 cm³/mol. The zero-order valence-corrected chi connectivity index (χ0v) is 12.2. The number of aryl methyl sites for hydroxylation is 1. The summed E-state index contributed by atoms with van der Waals surface area (Å²) in [6, 6.07) is 0. The molecule has 0 aliphatic carbocycles. The number of hydrogen-bond acceptors (Lipinski definition) is 5. The van der Waals surface area contributed by atoms with Gasteiger partial charge in [0.25, 0.3) is 5.69 Å². The first kappa shape index (κ1) is 14.9. The smallest absolute Gasteiger partial charge is 0.278 e. The number of rotatable bonds is 3. The van der Waals surface area contributed by atoms with Crippen LogP contribution in [0, 0.1) is 24.0 Å². The van der Waals surface area contributed by atoms with E-state index in [1.54, 1.807) is 20.0 Å². The van der Waals surface area contributed by atoms with Gasteiger partial charge in [0.05, 0.1) is 16.2 Å². The number of pyridine rings is 1. The molecule has 1 N–H and O–H groups in total. The second-order valence-electron chi connectivity index (χ2n) is 5.89. The first-order valence-electron chi connectivity index (χ1n) is 6.84. The standard InChI is InChI=1S/C14H21N3O3/c1-10-8-15-12(11(2)13(10)17(19)20)9-16-6-4-14(3,18)5-7-16/h8,18H,4-7,9H2,1-3H3. The van der Waals surface area contributed by atoms with E-state index in [1.165, 1.54) is 0 Å². The second-order valence-corrected chi connectivity index (χ2v) is 5.89. The molecule has 110 valence electrons. The largest absolute Gasteiger partial charge is 0.390 e. The van der Waals surface area contributed by atoms with Crippen LogP contribution in [-0.4, -0.2) is 38.6 Å². The van der Waals surface area contributed by atoms with Gasteiger partial charge >= 0.3 is 0 Å². The summed E-state index contributed by atoms with van der Waals surface area (Å²) >= 11 is 0. The molecule has 1 fully saturated rings. The van der Waals surface area contributed by atoms with Crippen LogP contribution in [0.15, 0.2) is 6.20 Å². The highest BCUT2D eigenvalue weighted by Crippen LogP contribution is 2.27. The molecule has 0 atom stereocenters. The van der Waals surface area contributed by atoms with Crippen molar-refractivity contribution in [2.45, 2.75) is 45.8 Å². The van der Waals surface area contributed by atoms with Crippen LogP contribution in [0.5, 0.6) is 0 Å². The third kappa shape index (κ3) is 3.13. The Labute approximate surface area is 118 Å². The van der Waals surface area contributed by atoms with Gasteiger partial charge in [-0.05, 0) is 33.6 Å². The summed E-state index contributed by atoms with van der Waals surface area (Å²) in [5.41, 5.74) is 1.58. The fraction of sp³-hybridized carbons (Fsp3) is 0.643. The number of piperidine rings is 1. The molecule has 0 bridgehead atoms. The maximum absolute atomic E-state index is 11.1. The summed E-state index contributed by atoms with van der Waals surface area (Å²) in [6.45, 7) is 7.49. The van der Waals surface area contributed by atoms with Gasteiger partial charge in [0.1, 0.15) is 0 Å². The van der Waals surface area contributed by atoms with E-state index in [0.29, 0.717) is 17.7 Å². The Morgan fingerprint density at radius 3 is 2.60 bits per heavy atom. The number of likely N-dealkylation sites (tertiary alicyclic amines) is 1. The molecule has 1 aromatic heterocycles. The topological polar surface area (TPSA) is 79.5 Å². The highest BCUT2D eigenvalue weighted by Gasteiger charge is 2.28. The van der Waals surface area contributed by atoms with Gasteiger partial charge in [0.2, 0.25) is 0 Å². The summed E-state index contributed by atoms with van der Waals surface area (Å²) in [6.07, 6.45) is 3.01. The van der Waals surface area contributed by atoms with E-state index < -0.39 is 5.60 Å². The second kappa shape index (κ2) is 5.46. The van der Waals surface area contributed by atoms with Gasteiger partial charge in [-0.25, -0.2) is 0 Å². The van der Waals surface area contributed by atoms with Gasteiger partial charge in [-0.3, -0.25) is 20.0 Å². The molecule has 6 nitrogen and oxygen atoms in total. The third-order valence-corrected chi connectivity index (χ3v) is 4.06. The van der Waals surface area contributed by atoms with Crippen molar-refractivity contribution in [1.82, 2.24) is 9.88 Å². The molecule has 1 aliphatic rings. The van der Waals surface area contributed by atoms with E-state index in [1.807, 2.05) is 6.92 Å². The molecule has 2 heterocycles. The van der Waals surface area contributed by atoms with Crippen molar-refractivity contribution in [1.29, 1.82) is 0 Å². The minimum absolute atomic E-state index is 0.166. The minimum atomic E-state index is -0.585. The average molecular weight is 279 g/mol. The Hall–Kier alpha value is -1.53. The summed E-state index contributed by atoms with van der Waals surface area (Å²) in [4.78, 5) is 17.3. The molecule has 0 amide bonds. The Balaban J connectivity index is 2.15. The first-order valence-corrected chi connectivity index (χ1v) is 6.84. The van der Waals surface area contributed by atoms with Crippen molar-refractivity contribution in [2.75, 3.05) is 13.1 Å². The zero-order chi connectivity index (χ0) is 14.9. The molecule has 0 spiro atoms. The normalized spacial score (nSPS) is 19.0. The molecular weight excluding hydrogens is 258 g/mol. The van der Waals surface area contributed by atoms with Crippen LogP contribution >= 0.6 is 0 Å². The van der Waals surface area contributed by atoms with Crippen molar-refractivity contribution >= 4 is 5.69 Å². The van der Waals surface area contributed by atoms with Gasteiger partial charge < -0.3 is 5.11 Å². The SMILES string of the molecule is Cc1cnc(CN2CCC(C)(O)CC2)c(C)c1[N+](=O)[O-]. The third-order valence-electron chi connectivity index (χ3n) is 4.06. The van der Waals surface area contributed by atoms with Gasteiger partial charge in [-0.15, -0.1) is 0 Å². The average Bonchev–Trinajstić information content (AvgIpc) is 2.34. The van der Waals surface area contributed by atoms with Crippen LogP contribution in [-0.2, 0) is 6.54 Å². The Morgan fingerprint density at radius 1 is 1.45 bits per heavy atom. The zero-order valence-electron chi connectivity index (χ0n) is 12.2. The Bertz CT molecular complexity index is 519. The highest BCUT2D eigenvalue weighted by atomic mass is 16.6. The number of nitro groups is 1. The molecule has 20 heavy (non-hydrogen) atoms.